The molecule has 0 spiro atoms. The van der Waals surface area contributed by atoms with Crippen LogP contribution in [0.2, 0.25) is 0 Å². The molecule has 0 N–H and O–H groups in total. The van der Waals surface area contributed by atoms with Crippen LogP contribution in [0.15, 0.2) is 54.7 Å². The fourth-order valence-corrected chi connectivity index (χ4v) is 5.37. The summed E-state index contributed by atoms with van der Waals surface area (Å²) >= 11 is 0. The van der Waals surface area contributed by atoms with E-state index >= 15 is 0 Å². The lowest BCUT2D eigenvalue weighted by Crippen LogP contribution is -2.29. The van der Waals surface area contributed by atoms with Crippen LogP contribution in [0.3, 0.4) is 0 Å². The van der Waals surface area contributed by atoms with Crippen molar-refractivity contribution in [3.05, 3.63) is 71.4 Å². The summed E-state index contributed by atoms with van der Waals surface area (Å²) in [5.74, 6) is 0. The summed E-state index contributed by atoms with van der Waals surface area (Å²) < 4.78 is 4.82. The van der Waals surface area contributed by atoms with Gasteiger partial charge in [0.15, 0.2) is 6.20 Å². The zero-order valence-corrected chi connectivity index (χ0v) is 18.2. The lowest BCUT2D eigenvalue weighted by atomic mass is 9.96. The Morgan fingerprint density at radius 1 is 0.900 bits per heavy atom. The van der Waals surface area contributed by atoms with Gasteiger partial charge in [-0.25, -0.2) is 4.57 Å². The first-order chi connectivity index (χ1) is 14.5. The average Bonchev–Trinajstić information content (AvgIpc) is 3.04. The van der Waals surface area contributed by atoms with E-state index in [1.807, 2.05) is 0 Å². The zero-order chi connectivity index (χ0) is 20.7. The van der Waals surface area contributed by atoms with Gasteiger partial charge in [-0.15, -0.1) is 0 Å². The van der Waals surface area contributed by atoms with Crippen molar-refractivity contribution in [3.63, 3.8) is 0 Å². The van der Waals surface area contributed by atoms with Crippen molar-refractivity contribution in [2.75, 3.05) is 14.1 Å². The summed E-state index contributed by atoms with van der Waals surface area (Å²) in [4.78, 5) is 2.24. The summed E-state index contributed by atoms with van der Waals surface area (Å²) in [6.07, 6.45) is 2.22. The molecule has 0 fully saturated rings. The van der Waals surface area contributed by atoms with Crippen LogP contribution in [-0.2, 0) is 13.6 Å². The molecule has 0 saturated carbocycles. The zero-order valence-electron chi connectivity index (χ0n) is 18.2. The molecular formula is C27H26N3+. The van der Waals surface area contributed by atoms with E-state index in [0.29, 0.717) is 0 Å². The third-order valence-corrected chi connectivity index (χ3v) is 6.73. The molecule has 0 unspecified atom stereocenters. The molecule has 3 nitrogen and oxygen atoms in total. The Morgan fingerprint density at radius 2 is 1.70 bits per heavy atom. The van der Waals surface area contributed by atoms with Crippen molar-refractivity contribution in [1.82, 2.24) is 9.30 Å². The Morgan fingerprint density at radius 3 is 2.50 bits per heavy atom. The van der Waals surface area contributed by atoms with E-state index in [0.717, 1.165) is 6.54 Å². The van der Waals surface area contributed by atoms with E-state index in [-0.39, 0.29) is 0 Å². The molecule has 3 heteroatoms. The lowest BCUT2D eigenvalue weighted by molar-refractivity contribution is -0.643. The van der Waals surface area contributed by atoms with Crippen molar-refractivity contribution in [3.8, 4) is 0 Å². The van der Waals surface area contributed by atoms with Crippen molar-refractivity contribution in [2.24, 2.45) is 7.05 Å². The van der Waals surface area contributed by atoms with Crippen LogP contribution in [0.5, 0.6) is 0 Å². The number of fused-ring (bicyclic) bond motifs is 5. The van der Waals surface area contributed by atoms with Crippen LogP contribution >= 0.6 is 0 Å². The number of hydrogen-bond donors (Lipinski definition) is 0. The minimum atomic E-state index is 0.932. The van der Waals surface area contributed by atoms with Gasteiger partial charge in [0.05, 0.1) is 27.3 Å². The van der Waals surface area contributed by atoms with Crippen LogP contribution in [0.25, 0.3) is 49.0 Å². The van der Waals surface area contributed by atoms with Crippen LogP contribution in [0, 0.1) is 13.8 Å². The summed E-state index contributed by atoms with van der Waals surface area (Å²) in [5.41, 5.74) is 9.34. The maximum Gasteiger partial charge on any atom is 0.224 e. The van der Waals surface area contributed by atoms with Gasteiger partial charge in [-0.2, -0.15) is 0 Å². The molecule has 30 heavy (non-hydrogen) atoms. The topological polar surface area (TPSA) is 11.5 Å². The van der Waals surface area contributed by atoms with Gasteiger partial charge in [0.2, 0.25) is 5.52 Å². The second-order valence-corrected chi connectivity index (χ2v) is 9.03. The standard InChI is InChI=1S/C27H26N3/c1-16-12-21-20-8-6-7-9-22(20)30-23-14-18(15-28(3)4)13-19-10-11-29(5)27(25(19)23)24(17(16)2)26(21)30/h6-14H,15H2,1-5H3/q+1. The molecule has 0 atom stereocenters. The maximum atomic E-state index is 2.51. The van der Waals surface area contributed by atoms with E-state index in [1.165, 1.54) is 65.7 Å². The average molecular weight is 393 g/mol. The normalized spacial score (nSPS) is 12.6. The molecule has 3 aromatic heterocycles. The Balaban J connectivity index is 2.02. The number of rotatable bonds is 2. The molecule has 148 valence electrons. The second-order valence-electron chi connectivity index (χ2n) is 9.03. The number of pyridine rings is 2. The summed E-state index contributed by atoms with van der Waals surface area (Å²) in [6, 6.07) is 18.3. The number of nitrogens with zero attached hydrogens (tertiary/aromatic N) is 3. The molecule has 3 aromatic carbocycles. The molecule has 6 rings (SSSR count). The first-order valence-electron chi connectivity index (χ1n) is 10.6. The van der Waals surface area contributed by atoms with Crippen LogP contribution < -0.4 is 4.57 Å². The highest BCUT2D eigenvalue weighted by Gasteiger charge is 2.24. The third-order valence-electron chi connectivity index (χ3n) is 6.73. The Labute approximate surface area is 176 Å². The molecule has 0 aliphatic rings. The van der Waals surface area contributed by atoms with Gasteiger partial charge in [-0.3, -0.25) is 0 Å². The van der Waals surface area contributed by atoms with Crippen molar-refractivity contribution >= 4 is 49.0 Å². The summed E-state index contributed by atoms with van der Waals surface area (Å²) in [6.45, 7) is 5.45. The lowest BCUT2D eigenvalue weighted by Gasteiger charge is -2.16. The van der Waals surface area contributed by atoms with Gasteiger partial charge in [0, 0.05) is 23.4 Å². The molecule has 3 heterocycles. The van der Waals surface area contributed by atoms with Gasteiger partial charge in [-0.05, 0) is 74.3 Å². The predicted octanol–water partition coefficient (Wildman–Crippen LogP) is 5.49. The van der Waals surface area contributed by atoms with Crippen LogP contribution in [0.1, 0.15) is 16.7 Å². The monoisotopic (exact) mass is 392 g/mol. The molecule has 0 saturated heterocycles. The minimum Gasteiger partial charge on any atom is -0.307 e. The van der Waals surface area contributed by atoms with Gasteiger partial charge in [0.25, 0.3) is 0 Å². The molecule has 0 aliphatic carbocycles. The highest BCUT2D eigenvalue weighted by Crippen LogP contribution is 2.41. The van der Waals surface area contributed by atoms with Crippen molar-refractivity contribution in [1.29, 1.82) is 0 Å². The molecule has 0 radical (unpaired) electrons. The van der Waals surface area contributed by atoms with Gasteiger partial charge >= 0.3 is 0 Å². The highest BCUT2D eigenvalue weighted by atomic mass is 15.0. The SMILES string of the molecule is Cc1cc2c3ccccc3n3c4cc(CN(C)C)cc5cc[n+](C)c(c(c1C)c23)c54. The molecule has 0 amide bonds. The van der Waals surface area contributed by atoms with E-state index in [9.17, 15) is 0 Å². The van der Waals surface area contributed by atoms with E-state index in [2.05, 4.69) is 104 Å². The largest absolute Gasteiger partial charge is 0.307 e. The molecule has 6 aromatic rings. The minimum absolute atomic E-state index is 0.932. The Kier molecular flexibility index (Phi) is 3.49. The maximum absolute atomic E-state index is 2.51. The second kappa shape index (κ2) is 5.93. The van der Waals surface area contributed by atoms with E-state index in [4.69, 9.17) is 0 Å². The number of para-hydroxylation sites is 1. The third kappa shape index (κ3) is 2.16. The van der Waals surface area contributed by atoms with Crippen LogP contribution in [0.4, 0.5) is 0 Å². The van der Waals surface area contributed by atoms with Gasteiger partial charge in [0.1, 0.15) is 7.05 Å². The number of aryl methyl sites for hydroxylation is 3. The van der Waals surface area contributed by atoms with E-state index < -0.39 is 0 Å². The van der Waals surface area contributed by atoms with Crippen molar-refractivity contribution < 1.29 is 4.57 Å². The molecular weight excluding hydrogens is 366 g/mol. The quantitative estimate of drug-likeness (QED) is 0.215. The Hall–Kier alpha value is -3.17. The van der Waals surface area contributed by atoms with E-state index in [1.54, 1.807) is 0 Å². The first kappa shape index (κ1) is 17.7. The summed E-state index contributed by atoms with van der Waals surface area (Å²) in [7, 11) is 6.45. The molecule has 0 aliphatic heterocycles. The number of hydrogen-bond acceptors (Lipinski definition) is 1. The fraction of sp³-hybridized carbons (Fsp3) is 0.222. The smallest absolute Gasteiger partial charge is 0.224 e. The fourth-order valence-electron chi connectivity index (χ4n) is 5.37. The molecule has 0 bridgehead atoms. The van der Waals surface area contributed by atoms with Gasteiger partial charge < -0.3 is 9.30 Å². The van der Waals surface area contributed by atoms with Crippen LogP contribution in [-0.4, -0.2) is 23.4 Å². The first-order valence-corrected chi connectivity index (χ1v) is 10.6. The van der Waals surface area contributed by atoms with Gasteiger partial charge in [-0.1, -0.05) is 18.2 Å². The predicted molar refractivity (Wildman–Crippen MR) is 127 cm³/mol. The number of benzene rings is 3. The van der Waals surface area contributed by atoms with Crippen molar-refractivity contribution in [2.45, 2.75) is 20.4 Å². The Bertz CT molecular complexity index is 1620. The number of aromatic nitrogens is 2. The highest BCUT2D eigenvalue weighted by molar-refractivity contribution is 6.26. The summed E-state index contributed by atoms with van der Waals surface area (Å²) in [5, 5.41) is 6.73.